The minimum Gasteiger partial charge on any atom is -0.309 e. The summed E-state index contributed by atoms with van der Waals surface area (Å²) in [6.45, 7) is 7.52. The maximum absolute atomic E-state index is 6.25. The summed E-state index contributed by atoms with van der Waals surface area (Å²) in [5, 5.41) is 4.81. The first-order valence-corrected chi connectivity index (χ1v) is 7.44. The zero-order chi connectivity index (χ0) is 14.6. The van der Waals surface area contributed by atoms with Crippen LogP contribution in [-0.2, 0) is 0 Å². The molecule has 2 atom stereocenters. The smallest absolute Gasteiger partial charge is 0.0639 e. The molecule has 1 rings (SSSR count). The van der Waals surface area contributed by atoms with Gasteiger partial charge in [0.1, 0.15) is 0 Å². The van der Waals surface area contributed by atoms with Gasteiger partial charge in [-0.2, -0.15) is 0 Å². The second kappa shape index (κ2) is 7.49. The second-order valence-corrected chi connectivity index (χ2v) is 6.33. The molecular formula is C15H24Cl2N2. The van der Waals surface area contributed by atoms with Gasteiger partial charge in [-0.1, -0.05) is 49.2 Å². The van der Waals surface area contributed by atoms with E-state index in [2.05, 4.69) is 45.1 Å². The SMILES string of the molecule is CC(NCC(C(C)C)N(C)C)c1cccc(Cl)c1Cl. The quantitative estimate of drug-likeness (QED) is 0.846. The number of nitrogens with zero attached hydrogens (tertiary/aromatic N) is 1. The number of hydrogen-bond donors (Lipinski definition) is 1. The monoisotopic (exact) mass is 302 g/mol. The number of hydrogen-bond acceptors (Lipinski definition) is 2. The molecule has 1 aromatic carbocycles. The lowest BCUT2D eigenvalue weighted by Gasteiger charge is -2.30. The van der Waals surface area contributed by atoms with Gasteiger partial charge in [0, 0.05) is 18.6 Å². The van der Waals surface area contributed by atoms with E-state index in [9.17, 15) is 0 Å². The van der Waals surface area contributed by atoms with Crippen molar-refractivity contribution in [2.24, 2.45) is 5.92 Å². The predicted molar refractivity (Wildman–Crippen MR) is 85.2 cm³/mol. The molecule has 2 unspecified atom stereocenters. The van der Waals surface area contributed by atoms with Crippen LogP contribution in [0.3, 0.4) is 0 Å². The van der Waals surface area contributed by atoms with Crippen molar-refractivity contribution < 1.29 is 0 Å². The molecule has 0 saturated heterocycles. The molecule has 0 radical (unpaired) electrons. The normalized spacial score (nSPS) is 15.0. The summed E-state index contributed by atoms with van der Waals surface area (Å²) in [7, 11) is 4.23. The van der Waals surface area contributed by atoms with Crippen molar-refractivity contribution in [3.63, 3.8) is 0 Å². The Hall–Kier alpha value is -0.280. The predicted octanol–water partition coefficient (Wildman–Crippen LogP) is 4.23. The molecule has 1 aromatic rings. The summed E-state index contributed by atoms with van der Waals surface area (Å²) < 4.78 is 0. The second-order valence-electron chi connectivity index (χ2n) is 5.55. The fourth-order valence-electron chi connectivity index (χ4n) is 2.28. The average molecular weight is 303 g/mol. The molecule has 19 heavy (non-hydrogen) atoms. The molecule has 0 bridgehead atoms. The Morgan fingerprint density at radius 2 is 1.79 bits per heavy atom. The maximum Gasteiger partial charge on any atom is 0.0639 e. The zero-order valence-corrected chi connectivity index (χ0v) is 13.9. The van der Waals surface area contributed by atoms with Crippen molar-refractivity contribution in [3.05, 3.63) is 33.8 Å². The van der Waals surface area contributed by atoms with Crippen molar-refractivity contribution in [2.75, 3.05) is 20.6 Å². The fraction of sp³-hybridized carbons (Fsp3) is 0.600. The Bertz CT molecular complexity index is 397. The van der Waals surface area contributed by atoms with Gasteiger partial charge < -0.3 is 10.2 Å². The Morgan fingerprint density at radius 1 is 1.16 bits per heavy atom. The number of rotatable bonds is 6. The van der Waals surface area contributed by atoms with Crippen LogP contribution in [0.4, 0.5) is 0 Å². The fourth-order valence-corrected chi connectivity index (χ4v) is 2.75. The number of likely N-dealkylation sites (N-methyl/N-ethyl adjacent to an activating group) is 1. The zero-order valence-electron chi connectivity index (χ0n) is 12.4. The summed E-state index contributed by atoms with van der Waals surface area (Å²) in [4.78, 5) is 2.25. The standard InChI is InChI=1S/C15H24Cl2N2/c1-10(2)14(19(4)5)9-18-11(3)12-7-6-8-13(16)15(12)17/h6-8,10-11,14,18H,9H2,1-5H3. The molecule has 0 aliphatic carbocycles. The lowest BCUT2D eigenvalue weighted by molar-refractivity contribution is 0.220. The molecule has 0 saturated carbocycles. The molecule has 0 aliphatic rings. The minimum absolute atomic E-state index is 0.187. The van der Waals surface area contributed by atoms with Crippen molar-refractivity contribution in [3.8, 4) is 0 Å². The molecule has 4 heteroatoms. The Morgan fingerprint density at radius 3 is 2.32 bits per heavy atom. The molecule has 0 heterocycles. The largest absolute Gasteiger partial charge is 0.309 e. The number of nitrogens with one attached hydrogen (secondary N) is 1. The first-order chi connectivity index (χ1) is 8.84. The van der Waals surface area contributed by atoms with E-state index in [0.29, 0.717) is 22.0 Å². The number of halogens is 2. The summed E-state index contributed by atoms with van der Waals surface area (Å²) >= 11 is 12.3. The van der Waals surface area contributed by atoms with E-state index in [-0.39, 0.29) is 6.04 Å². The van der Waals surface area contributed by atoms with Crippen LogP contribution < -0.4 is 5.32 Å². The van der Waals surface area contributed by atoms with E-state index in [4.69, 9.17) is 23.2 Å². The van der Waals surface area contributed by atoms with Gasteiger partial charge in [0.2, 0.25) is 0 Å². The van der Waals surface area contributed by atoms with E-state index >= 15 is 0 Å². The van der Waals surface area contributed by atoms with Crippen molar-refractivity contribution in [1.29, 1.82) is 0 Å². The molecule has 0 amide bonds. The number of benzene rings is 1. The van der Waals surface area contributed by atoms with Crippen LogP contribution in [0.2, 0.25) is 10.0 Å². The molecule has 108 valence electrons. The van der Waals surface area contributed by atoms with Gasteiger partial charge in [0.15, 0.2) is 0 Å². The molecule has 0 fully saturated rings. The summed E-state index contributed by atoms with van der Waals surface area (Å²) in [6, 6.07) is 6.46. The molecule has 1 N–H and O–H groups in total. The van der Waals surface area contributed by atoms with Crippen LogP contribution in [0.15, 0.2) is 18.2 Å². The van der Waals surface area contributed by atoms with Crippen LogP contribution in [0, 0.1) is 5.92 Å². The molecule has 2 nitrogen and oxygen atoms in total. The van der Waals surface area contributed by atoms with Crippen molar-refractivity contribution in [1.82, 2.24) is 10.2 Å². The Labute approximate surface area is 127 Å². The van der Waals surface area contributed by atoms with Crippen LogP contribution in [0.1, 0.15) is 32.4 Å². The van der Waals surface area contributed by atoms with E-state index in [1.54, 1.807) is 0 Å². The van der Waals surface area contributed by atoms with E-state index in [1.165, 1.54) is 0 Å². The van der Waals surface area contributed by atoms with Crippen LogP contribution >= 0.6 is 23.2 Å². The highest BCUT2D eigenvalue weighted by Crippen LogP contribution is 2.29. The summed E-state index contributed by atoms with van der Waals surface area (Å²) in [6.07, 6.45) is 0. The van der Waals surface area contributed by atoms with Gasteiger partial charge in [-0.15, -0.1) is 0 Å². The van der Waals surface area contributed by atoms with Crippen LogP contribution in [-0.4, -0.2) is 31.6 Å². The Kier molecular flexibility index (Phi) is 6.61. The third-order valence-corrected chi connectivity index (χ3v) is 4.35. The van der Waals surface area contributed by atoms with Gasteiger partial charge >= 0.3 is 0 Å². The third-order valence-electron chi connectivity index (χ3n) is 3.51. The van der Waals surface area contributed by atoms with Gasteiger partial charge in [0.25, 0.3) is 0 Å². The molecule has 0 spiro atoms. The topological polar surface area (TPSA) is 15.3 Å². The molecule has 0 aromatic heterocycles. The van der Waals surface area contributed by atoms with Gasteiger partial charge in [0.05, 0.1) is 10.0 Å². The lowest BCUT2D eigenvalue weighted by atomic mass is 10.0. The van der Waals surface area contributed by atoms with E-state index in [1.807, 2.05) is 18.2 Å². The maximum atomic E-state index is 6.25. The van der Waals surface area contributed by atoms with E-state index < -0.39 is 0 Å². The lowest BCUT2D eigenvalue weighted by Crippen LogP contribution is -2.42. The molecular weight excluding hydrogens is 279 g/mol. The highest BCUT2D eigenvalue weighted by atomic mass is 35.5. The minimum atomic E-state index is 0.187. The Balaban J connectivity index is 2.69. The molecule has 0 aliphatic heterocycles. The first kappa shape index (κ1) is 16.8. The third kappa shape index (κ3) is 4.64. The van der Waals surface area contributed by atoms with Gasteiger partial charge in [-0.25, -0.2) is 0 Å². The van der Waals surface area contributed by atoms with Gasteiger partial charge in [-0.05, 0) is 38.6 Å². The summed E-state index contributed by atoms with van der Waals surface area (Å²) in [5.41, 5.74) is 1.05. The highest BCUT2D eigenvalue weighted by Gasteiger charge is 2.18. The average Bonchev–Trinajstić information content (AvgIpc) is 2.31. The van der Waals surface area contributed by atoms with Crippen LogP contribution in [0.5, 0.6) is 0 Å². The first-order valence-electron chi connectivity index (χ1n) is 6.68. The van der Waals surface area contributed by atoms with Crippen LogP contribution in [0.25, 0.3) is 0 Å². The van der Waals surface area contributed by atoms with Crippen molar-refractivity contribution in [2.45, 2.75) is 32.9 Å². The highest BCUT2D eigenvalue weighted by molar-refractivity contribution is 6.42. The van der Waals surface area contributed by atoms with E-state index in [0.717, 1.165) is 12.1 Å². The summed E-state index contributed by atoms with van der Waals surface area (Å²) in [5.74, 6) is 0.601. The van der Waals surface area contributed by atoms with Gasteiger partial charge in [-0.3, -0.25) is 0 Å². The van der Waals surface area contributed by atoms with Crippen molar-refractivity contribution >= 4 is 23.2 Å².